The van der Waals surface area contributed by atoms with Crippen LogP contribution in [-0.4, -0.2) is 10.2 Å². The largest absolute Gasteiger partial charge is 0.320 e. The Kier molecular flexibility index (Phi) is 3.80. The maximum Gasteiger partial charge on any atom is 0.269 e. The van der Waals surface area contributed by atoms with Gasteiger partial charge in [0, 0.05) is 11.1 Å². The minimum Gasteiger partial charge on any atom is -0.320 e. The molecule has 3 aromatic rings. The molecule has 0 saturated carbocycles. The van der Waals surface area contributed by atoms with E-state index >= 15 is 0 Å². The monoisotopic (exact) mass is 295 g/mol. The summed E-state index contributed by atoms with van der Waals surface area (Å²) in [5, 5.41) is 6.52. The van der Waals surface area contributed by atoms with Crippen LogP contribution in [0.2, 0.25) is 0 Å². The van der Waals surface area contributed by atoms with Crippen LogP contribution in [0.25, 0.3) is 11.3 Å². The van der Waals surface area contributed by atoms with Gasteiger partial charge in [-0.15, -0.1) is 0 Å². The molecule has 0 saturated heterocycles. The molecule has 0 aliphatic carbocycles. The van der Waals surface area contributed by atoms with E-state index in [2.05, 4.69) is 10.2 Å². The summed E-state index contributed by atoms with van der Waals surface area (Å²) in [4.78, 5) is 12.0. The maximum absolute atomic E-state index is 13.0. The number of nitrogens with one attached hydrogen (secondary N) is 1. The lowest BCUT2D eigenvalue weighted by Crippen LogP contribution is -2.23. The number of halogens is 1. The molecule has 1 atom stereocenters. The van der Waals surface area contributed by atoms with E-state index in [1.807, 2.05) is 30.3 Å². The van der Waals surface area contributed by atoms with Gasteiger partial charge in [0.25, 0.3) is 5.56 Å². The van der Waals surface area contributed by atoms with E-state index in [1.165, 1.54) is 12.1 Å². The number of aromatic nitrogens is 2. The van der Waals surface area contributed by atoms with Gasteiger partial charge in [0.2, 0.25) is 0 Å². The van der Waals surface area contributed by atoms with E-state index in [0.717, 1.165) is 5.56 Å². The number of hydrogen-bond acceptors (Lipinski definition) is 3. The Hall–Kier alpha value is -2.79. The van der Waals surface area contributed by atoms with Crippen LogP contribution in [-0.2, 0) is 0 Å². The maximum atomic E-state index is 13.0. The predicted octanol–water partition coefficient (Wildman–Crippen LogP) is 2.62. The van der Waals surface area contributed by atoms with Crippen molar-refractivity contribution in [2.24, 2.45) is 5.73 Å². The van der Waals surface area contributed by atoms with Gasteiger partial charge in [0.15, 0.2) is 0 Å². The zero-order valence-electron chi connectivity index (χ0n) is 11.7. The SMILES string of the molecule is NC(c1ccc(F)cc1)c1cc(-c2ccccc2)n[nH]c1=O. The van der Waals surface area contributed by atoms with Crippen molar-refractivity contribution in [3.63, 3.8) is 0 Å². The number of nitrogens with two attached hydrogens (primary N) is 1. The zero-order valence-corrected chi connectivity index (χ0v) is 11.7. The Bertz CT molecular complexity index is 829. The molecule has 0 spiro atoms. The van der Waals surface area contributed by atoms with Gasteiger partial charge >= 0.3 is 0 Å². The molecule has 1 unspecified atom stereocenters. The van der Waals surface area contributed by atoms with Crippen molar-refractivity contribution in [2.75, 3.05) is 0 Å². The highest BCUT2D eigenvalue weighted by Crippen LogP contribution is 2.21. The first-order valence-electron chi connectivity index (χ1n) is 6.81. The molecule has 3 rings (SSSR count). The average Bonchev–Trinajstić information content (AvgIpc) is 2.56. The van der Waals surface area contributed by atoms with Gasteiger partial charge in [-0.3, -0.25) is 4.79 Å². The van der Waals surface area contributed by atoms with Crippen LogP contribution in [0, 0.1) is 5.82 Å². The summed E-state index contributed by atoms with van der Waals surface area (Å²) in [5.41, 5.74) is 8.36. The van der Waals surface area contributed by atoms with Gasteiger partial charge < -0.3 is 5.73 Å². The summed E-state index contributed by atoms with van der Waals surface area (Å²) < 4.78 is 13.0. The van der Waals surface area contributed by atoms with Crippen molar-refractivity contribution in [2.45, 2.75) is 6.04 Å². The molecule has 0 aliphatic rings. The number of aromatic amines is 1. The van der Waals surface area contributed by atoms with Crippen LogP contribution >= 0.6 is 0 Å². The van der Waals surface area contributed by atoms with Crippen molar-refractivity contribution >= 4 is 0 Å². The van der Waals surface area contributed by atoms with Crippen molar-refractivity contribution in [1.82, 2.24) is 10.2 Å². The second kappa shape index (κ2) is 5.91. The average molecular weight is 295 g/mol. The normalized spacial score (nSPS) is 12.1. The van der Waals surface area contributed by atoms with Gasteiger partial charge in [-0.05, 0) is 23.8 Å². The molecular weight excluding hydrogens is 281 g/mol. The smallest absolute Gasteiger partial charge is 0.269 e. The number of nitrogens with zero attached hydrogens (tertiary/aromatic N) is 1. The standard InChI is InChI=1S/C17H14FN3O/c18-13-8-6-12(7-9-13)16(19)14-10-15(20-21-17(14)22)11-4-2-1-3-5-11/h1-10,16H,19H2,(H,21,22). The van der Waals surface area contributed by atoms with Gasteiger partial charge in [-0.25, -0.2) is 9.49 Å². The Balaban J connectivity index is 2.03. The fourth-order valence-corrected chi connectivity index (χ4v) is 2.26. The second-order valence-electron chi connectivity index (χ2n) is 4.93. The van der Waals surface area contributed by atoms with Gasteiger partial charge in [0.05, 0.1) is 11.7 Å². The molecule has 2 aromatic carbocycles. The van der Waals surface area contributed by atoms with Gasteiger partial charge in [-0.2, -0.15) is 5.10 Å². The summed E-state index contributed by atoms with van der Waals surface area (Å²) in [6.45, 7) is 0. The molecule has 1 aromatic heterocycles. The van der Waals surface area contributed by atoms with Crippen molar-refractivity contribution < 1.29 is 4.39 Å². The highest BCUT2D eigenvalue weighted by atomic mass is 19.1. The first-order valence-corrected chi connectivity index (χ1v) is 6.81. The number of hydrogen-bond donors (Lipinski definition) is 2. The van der Waals surface area contributed by atoms with E-state index in [9.17, 15) is 9.18 Å². The third-order valence-electron chi connectivity index (χ3n) is 3.47. The summed E-state index contributed by atoms with van der Waals surface area (Å²) >= 11 is 0. The van der Waals surface area contributed by atoms with Crippen LogP contribution in [0.15, 0.2) is 65.5 Å². The predicted molar refractivity (Wildman–Crippen MR) is 82.7 cm³/mol. The third kappa shape index (κ3) is 2.80. The van der Waals surface area contributed by atoms with Crippen LogP contribution in [0.4, 0.5) is 4.39 Å². The van der Waals surface area contributed by atoms with E-state index < -0.39 is 6.04 Å². The molecule has 22 heavy (non-hydrogen) atoms. The summed E-state index contributed by atoms with van der Waals surface area (Å²) in [7, 11) is 0. The Morgan fingerprint density at radius 3 is 2.41 bits per heavy atom. The second-order valence-corrected chi connectivity index (χ2v) is 4.93. The minimum absolute atomic E-state index is 0.343. The molecule has 0 radical (unpaired) electrons. The molecule has 0 fully saturated rings. The lowest BCUT2D eigenvalue weighted by Gasteiger charge is -2.12. The Morgan fingerprint density at radius 2 is 1.73 bits per heavy atom. The van der Waals surface area contributed by atoms with Crippen LogP contribution < -0.4 is 11.3 Å². The zero-order chi connectivity index (χ0) is 15.5. The van der Waals surface area contributed by atoms with E-state index in [4.69, 9.17) is 5.73 Å². The summed E-state index contributed by atoms with van der Waals surface area (Å²) in [5.74, 6) is -0.343. The van der Waals surface area contributed by atoms with Crippen LogP contribution in [0.1, 0.15) is 17.2 Å². The molecule has 0 aliphatic heterocycles. The number of H-pyrrole nitrogens is 1. The molecule has 5 heteroatoms. The van der Waals surface area contributed by atoms with Crippen LogP contribution in [0.5, 0.6) is 0 Å². The molecule has 1 heterocycles. The highest BCUT2D eigenvalue weighted by molar-refractivity contribution is 5.59. The molecular formula is C17H14FN3O. The van der Waals surface area contributed by atoms with Gasteiger partial charge in [-0.1, -0.05) is 42.5 Å². The van der Waals surface area contributed by atoms with Gasteiger partial charge in [0.1, 0.15) is 5.82 Å². The fourth-order valence-electron chi connectivity index (χ4n) is 2.26. The van der Waals surface area contributed by atoms with Crippen molar-refractivity contribution in [3.8, 4) is 11.3 Å². The first-order chi connectivity index (χ1) is 10.6. The third-order valence-corrected chi connectivity index (χ3v) is 3.47. The first kappa shape index (κ1) is 14.2. The van der Waals surface area contributed by atoms with E-state index in [1.54, 1.807) is 18.2 Å². The van der Waals surface area contributed by atoms with Crippen LogP contribution in [0.3, 0.4) is 0 Å². The lowest BCUT2D eigenvalue weighted by atomic mass is 9.99. The Morgan fingerprint density at radius 1 is 1.05 bits per heavy atom. The molecule has 0 bridgehead atoms. The molecule has 110 valence electrons. The number of rotatable bonds is 3. The summed E-state index contributed by atoms with van der Waals surface area (Å²) in [6, 6.07) is 16.3. The molecule has 3 N–H and O–H groups in total. The minimum atomic E-state index is -0.644. The quantitative estimate of drug-likeness (QED) is 0.780. The van der Waals surface area contributed by atoms with Crippen molar-refractivity contribution in [1.29, 1.82) is 0 Å². The molecule has 4 nitrogen and oxygen atoms in total. The Labute approximate surface area is 126 Å². The summed E-state index contributed by atoms with van der Waals surface area (Å²) in [6.07, 6.45) is 0. The van der Waals surface area contributed by atoms with E-state index in [-0.39, 0.29) is 11.4 Å². The lowest BCUT2D eigenvalue weighted by molar-refractivity contribution is 0.626. The molecule has 0 amide bonds. The fraction of sp³-hybridized carbons (Fsp3) is 0.0588. The van der Waals surface area contributed by atoms with E-state index in [0.29, 0.717) is 16.8 Å². The van der Waals surface area contributed by atoms with Crippen molar-refractivity contribution in [3.05, 3.63) is 88.0 Å². The number of benzene rings is 2. The topological polar surface area (TPSA) is 71.8 Å². The highest BCUT2D eigenvalue weighted by Gasteiger charge is 2.15.